The molecule has 322 valence electrons. The summed E-state index contributed by atoms with van der Waals surface area (Å²) < 4.78 is 48.0. The topological polar surface area (TPSA) is 138 Å². The van der Waals surface area contributed by atoms with Gasteiger partial charge < -0.3 is 24.6 Å². The number of hydrogen-bond donors (Lipinski definition) is 2. The molecule has 2 N–H and O–H groups in total. The largest absolute Gasteiger partial charge is 0.508 e. The average Bonchev–Trinajstić information content (AvgIpc) is 3.95. The molecule has 0 saturated carbocycles. The number of fused-ring (bicyclic) bond motifs is 2. The number of phenols is 1. The van der Waals surface area contributed by atoms with Crippen LogP contribution in [0.1, 0.15) is 54.1 Å². The number of methoxy groups -OCH3 is 1. The van der Waals surface area contributed by atoms with E-state index in [1.54, 1.807) is 71.3 Å². The van der Waals surface area contributed by atoms with E-state index in [0.29, 0.717) is 11.5 Å². The van der Waals surface area contributed by atoms with Crippen molar-refractivity contribution in [2.45, 2.75) is 38.5 Å². The molecular formula is C50H43F2N7O5. The van der Waals surface area contributed by atoms with Crippen LogP contribution in [-0.2, 0) is 0 Å². The van der Waals surface area contributed by atoms with Gasteiger partial charge in [-0.3, -0.25) is 4.79 Å². The molecule has 0 radical (unpaired) electrons. The molecule has 3 heterocycles. The number of rotatable bonds is 13. The molecule has 14 heteroatoms. The van der Waals surface area contributed by atoms with E-state index in [-0.39, 0.29) is 35.1 Å². The van der Waals surface area contributed by atoms with E-state index >= 15 is 0 Å². The van der Waals surface area contributed by atoms with Gasteiger partial charge in [0.15, 0.2) is 0 Å². The van der Waals surface area contributed by atoms with Crippen LogP contribution in [-0.4, -0.2) is 53.7 Å². The third-order valence-corrected chi connectivity index (χ3v) is 10.4. The fraction of sp³-hybridized carbons (Fsp3) is 0.140. The van der Waals surface area contributed by atoms with Crippen molar-refractivity contribution in [2.24, 2.45) is 0 Å². The lowest BCUT2D eigenvalue weighted by molar-refractivity contribution is 0.0876. The van der Waals surface area contributed by atoms with Crippen LogP contribution in [0.15, 0.2) is 164 Å². The molecule has 0 fully saturated rings. The van der Waals surface area contributed by atoms with Gasteiger partial charge in [-0.2, -0.15) is 10.2 Å². The van der Waals surface area contributed by atoms with E-state index in [2.05, 4.69) is 25.5 Å². The Morgan fingerprint density at radius 1 is 0.703 bits per heavy atom. The molecule has 1 amide bonds. The zero-order valence-corrected chi connectivity index (χ0v) is 35.0. The molecule has 0 aliphatic carbocycles. The first-order valence-corrected chi connectivity index (χ1v) is 20.5. The van der Waals surface area contributed by atoms with Crippen molar-refractivity contribution < 1.29 is 32.9 Å². The first-order chi connectivity index (χ1) is 31.1. The Morgan fingerprint density at radius 2 is 1.30 bits per heavy atom. The minimum absolute atomic E-state index is 0.151. The van der Waals surface area contributed by atoms with Gasteiger partial charge >= 0.3 is 0 Å². The number of nitrogens with one attached hydrogen (secondary N) is 1. The van der Waals surface area contributed by atoms with E-state index in [4.69, 9.17) is 14.2 Å². The van der Waals surface area contributed by atoms with Gasteiger partial charge in [-0.1, -0.05) is 31.2 Å². The molecule has 12 nitrogen and oxygen atoms in total. The number of phenolic OH excluding ortho intramolecular Hbond substituents is 1. The fourth-order valence-electron chi connectivity index (χ4n) is 7.23. The van der Waals surface area contributed by atoms with Crippen molar-refractivity contribution in [3.8, 4) is 34.4 Å². The maximum atomic E-state index is 13.4. The summed E-state index contributed by atoms with van der Waals surface area (Å²) in [6.45, 7) is 3.91. The zero-order valence-electron chi connectivity index (χ0n) is 35.0. The van der Waals surface area contributed by atoms with Gasteiger partial charge in [-0.05, 0) is 140 Å². The number of benzene rings is 6. The van der Waals surface area contributed by atoms with Gasteiger partial charge in [-0.25, -0.2) is 28.1 Å². The number of carbonyl (C=O) groups is 1. The molecule has 9 rings (SSSR count). The number of aromatic nitrogens is 6. The molecule has 0 saturated heterocycles. The first-order valence-electron chi connectivity index (χ1n) is 20.5. The van der Waals surface area contributed by atoms with Crippen molar-refractivity contribution in [1.82, 2.24) is 34.8 Å². The second-order valence-corrected chi connectivity index (χ2v) is 14.8. The highest BCUT2D eigenvalue weighted by Crippen LogP contribution is 2.32. The molecular weight excluding hydrogens is 817 g/mol. The summed E-state index contributed by atoms with van der Waals surface area (Å²) in [5, 5.41) is 23.3. The Morgan fingerprint density at radius 3 is 1.86 bits per heavy atom. The van der Waals surface area contributed by atoms with Crippen molar-refractivity contribution in [1.29, 1.82) is 0 Å². The zero-order chi connectivity index (χ0) is 44.6. The predicted octanol–water partition coefficient (Wildman–Crippen LogP) is 10.3. The Balaban J connectivity index is 0.000000184. The minimum atomic E-state index is -0.537. The Bertz CT molecular complexity index is 3000. The third-order valence-electron chi connectivity index (χ3n) is 10.4. The van der Waals surface area contributed by atoms with Gasteiger partial charge in [0.25, 0.3) is 5.91 Å². The normalized spacial score (nSPS) is 12.5. The maximum absolute atomic E-state index is 13.4. The number of ether oxygens (including phenoxy) is 3. The monoisotopic (exact) mass is 859 g/mol. The third kappa shape index (κ3) is 9.81. The van der Waals surface area contributed by atoms with Crippen molar-refractivity contribution in [3.63, 3.8) is 0 Å². The van der Waals surface area contributed by atoms with E-state index in [1.165, 1.54) is 36.8 Å². The Kier molecular flexibility index (Phi) is 12.8. The summed E-state index contributed by atoms with van der Waals surface area (Å²) in [4.78, 5) is 20.7. The molecule has 0 aliphatic heterocycles. The second-order valence-electron chi connectivity index (χ2n) is 14.8. The van der Waals surface area contributed by atoms with Crippen LogP contribution in [0.4, 0.5) is 8.78 Å². The van der Waals surface area contributed by atoms with Crippen LogP contribution in [0.5, 0.6) is 23.0 Å². The standard InChI is InChI=1S/C28H24FN5O3.C22H19FN2O2/c1-18(33-28(35)25-12-13-30-17-31-25)27(19-4-3-5-23(14-19)36-2)37-24-10-11-26-20(15-24)16-32-34(26)22-8-6-21(29)7-9-22;1-2-22(15-4-3-5-19(26)12-15)27-20-10-11-21-16(13-20)14-24-25(21)18-8-6-17(23)7-9-18/h3-18,27H,1-2H3,(H,33,35);3-14,22,26H,2H2,1H3/t18-,27-;22-/m00/s1. The Hall–Kier alpha value is -8.13. The molecule has 3 atom stereocenters. The van der Waals surface area contributed by atoms with Gasteiger partial charge in [0.2, 0.25) is 0 Å². The highest BCUT2D eigenvalue weighted by molar-refractivity contribution is 5.92. The van der Waals surface area contributed by atoms with Crippen LogP contribution in [0.3, 0.4) is 0 Å². The Labute approximate surface area is 367 Å². The molecule has 6 aromatic carbocycles. The van der Waals surface area contributed by atoms with Crippen molar-refractivity contribution in [2.75, 3.05) is 7.11 Å². The molecule has 0 bridgehead atoms. The lowest BCUT2D eigenvalue weighted by Gasteiger charge is -2.27. The molecule has 3 aromatic heterocycles. The summed E-state index contributed by atoms with van der Waals surface area (Å²) >= 11 is 0. The summed E-state index contributed by atoms with van der Waals surface area (Å²) in [6, 6.07) is 39.5. The van der Waals surface area contributed by atoms with Gasteiger partial charge in [0.05, 0.1) is 48.0 Å². The van der Waals surface area contributed by atoms with E-state index in [1.807, 2.05) is 86.6 Å². The van der Waals surface area contributed by atoms with Crippen LogP contribution < -0.4 is 19.5 Å². The van der Waals surface area contributed by atoms with Crippen LogP contribution in [0, 0.1) is 11.6 Å². The fourth-order valence-corrected chi connectivity index (χ4v) is 7.23. The van der Waals surface area contributed by atoms with E-state index in [0.717, 1.165) is 56.5 Å². The van der Waals surface area contributed by atoms with E-state index in [9.17, 15) is 18.7 Å². The summed E-state index contributed by atoms with van der Waals surface area (Å²) in [5.74, 6) is 1.33. The molecule has 64 heavy (non-hydrogen) atoms. The van der Waals surface area contributed by atoms with Crippen LogP contribution >= 0.6 is 0 Å². The quantitative estimate of drug-likeness (QED) is 0.116. The number of carbonyl (C=O) groups excluding carboxylic acids is 1. The molecule has 0 unspecified atom stereocenters. The number of amides is 1. The maximum Gasteiger partial charge on any atom is 0.270 e. The number of nitrogens with zero attached hydrogens (tertiary/aromatic N) is 6. The molecule has 9 aromatic rings. The van der Waals surface area contributed by atoms with Crippen molar-refractivity contribution >= 4 is 27.7 Å². The van der Waals surface area contributed by atoms with E-state index < -0.39 is 12.1 Å². The predicted molar refractivity (Wildman–Crippen MR) is 239 cm³/mol. The number of aromatic hydroxyl groups is 1. The summed E-state index contributed by atoms with van der Waals surface area (Å²) in [7, 11) is 1.60. The molecule has 0 spiro atoms. The highest BCUT2D eigenvalue weighted by Gasteiger charge is 2.25. The van der Waals surface area contributed by atoms with Crippen LogP contribution in [0.25, 0.3) is 33.2 Å². The van der Waals surface area contributed by atoms with Gasteiger partial charge in [0.1, 0.15) is 58.9 Å². The first kappa shape index (κ1) is 42.6. The second kappa shape index (κ2) is 19.3. The lowest BCUT2D eigenvalue weighted by Crippen LogP contribution is -2.39. The smallest absolute Gasteiger partial charge is 0.270 e. The van der Waals surface area contributed by atoms with Gasteiger partial charge in [0, 0.05) is 17.0 Å². The minimum Gasteiger partial charge on any atom is -0.508 e. The van der Waals surface area contributed by atoms with Gasteiger partial charge in [-0.15, -0.1) is 0 Å². The highest BCUT2D eigenvalue weighted by atomic mass is 19.1. The lowest BCUT2D eigenvalue weighted by atomic mass is 10.0. The SMILES string of the molecule is CC[C@H](Oc1ccc2c(cnn2-c2ccc(F)cc2)c1)c1cccc(O)c1.COc1cccc([C@@H](Oc2ccc3c(cnn3-c3ccc(F)cc3)c2)[C@H](C)NC(=O)c2ccncn2)c1. The summed E-state index contributed by atoms with van der Waals surface area (Å²) in [5.41, 5.74) is 5.34. The molecule has 0 aliphatic rings. The number of hydrogen-bond acceptors (Lipinski definition) is 9. The summed E-state index contributed by atoms with van der Waals surface area (Å²) in [6.07, 6.45) is 6.43. The van der Waals surface area contributed by atoms with Crippen molar-refractivity contribution in [3.05, 3.63) is 193 Å². The number of halogens is 2. The van der Waals surface area contributed by atoms with Crippen LogP contribution in [0.2, 0.25) is 0 Å². The average molecular weight is 860 g/mol.